The fraction of sp³-hybridized carbons (Fsp3) is 0.375. The van der Waals surface area contributed by atoms with Crippen LogP contribution >= 0.6 is 17.2 Å². The van der Waals surface area contributed by atoms with Gasteiger partial charge in [-0.25, -0.2) is 0 Å². The minimum Gasteiger partial charge on any atom is -0.418 e. The lowest BCUT2D eigenvalue weighted by Crippen LogP contribution is -2.44. The highest BCUT2D eigenvalue weighted by Gasteiger charge is 2.39. The molecule has 5 aromatic carbocycles. The Labute approximate surface area is 346 Å². The predicted molar refractivity (Wildman–Crippen MR) is 242 cm³/mol. The lowest BCUT2D eigenvalue weighted by molar-refractivity contribution is 0.374. The van der Waals surface area contributed by atoms with E-state index in [-0.39, 0.29) is 21.7 Å². The molecule has 0 heterocycles. The quantitative estimate of drug-likeness (QED) is 0.0871. The van der Waals surface area contributed by atoms with E-state index < -0.39 is 25.5 Å². The average molecular weight is 825 g/mol. The monoisotopic (exact) mass is 824 g/mol. The van der Waals surface area contributed by atoms with Gasteiger partial charge in [0.1, 0.15) is 28.7 Å². The molecule has 304 valence electrons. The maximum absolute atomic E-state index is 7.16. The second kappa shape index (κ2) is 17.6. The van der Waals surface area contributed by atoms with Gasteiger partial charge >= 0.3 is 17.2 Å². The molecule has 5 rings (SSSR count). The van der Waals surface area contributed by atoms with Crippen molar-refractivity contribution in [1.82, 2.24) is 0 Å². The molecule has 0 aliphatic rings. The van der Waals surface area contributed by atoms with Crippen LogP contribution in [0.3, 0.4) is 0 Å². The highest BCUT2D eigenvalue weighted by Crippen LogP contribution is 2.50. The minimum absolute atomic E-state index is 0.164. The van der Waals surface area contributed by atoms with E-state index in [2.05, 4.69) is 127 Å². The molecule has 0 saturated heterocycles. The molecule has 6 nitrogen and oxygen atoms in total. The van der Waals surface area contributed by atoms with E-state index >= 15 is 0 Å². The smallest absolute Gasteiger partial charge is 0.418 e. The van der Waals surface area contributed by atoms with Gasteiger partial charge in [-0.2, -0.15) is 0 Å². The number of benzene rings is 5. The minimum atomic E-state index is -2.90. The molecule has 0 aliphatic carbocycles. The van der Waals surface area contributed by atoms with E-state index in [0.29, 0.717) is 5.75 Å². The van der Waals surface area contributed by atoms with Crippen LogP contribution in [-0.2, 0) is 25.9 Å². The number of rotatable bonds is 13. The predicted octanol–water partition coefficient (Wildman–Crippen LogP) is 14.5. The largest absolute Gasteiger partial charge is 0.530 e. The highest BCUT2D eigenvalue weighted by atomic mass is 31.2. The Bertz CT molecular complexity index is 1990. The Morgan fingerprint density at radius 1 is 0.333 bits per heavy atom. The Kier molecular flexibility index (Phi) is 13.6. The van der Waals surface area contributed by atoms with Crippen molar-refractivity contribution in [3.05, 3.63) is 144 Å². The fourth-order valence-electron chi connectivity index (χ4n) is 6.46. The molecule has 0 unspecified atom stereocenters. The Morgan fingerprint density at radius 2 is 0.579 bits per heavy atom. The summed E-state index contributed by atoms with van der Waals surface area (Å²) in [6.45, 7) is 30.5. The van der Waals surface area contributed by atoms with Gasteiger partial charge < -0.3 is 26.8 Å². The third kappa shape index (κ3) is 11.6. The topological polar surface area (TPSA) is 55.4 Å². The lowest BCUT2D eigenvalue weighted by Gasteiger charge is -2.32. The first-order chi connectivity index (χ1) is 26.5. The van der Waals surface area contributed by atoms with Gasteiger partial charge in [0.05, 0.1) is 0 Å². The van der Waals surface area contributed by atoms with E-state index in [9.17, 15) is 0 Å². The maximum atomic E-state index is 7.16. The highest BCUT2D eigenvalue weighted by molar-refractivity contribution is 7.45. The summed E-state index contributed by atoms with van der Waals surface area (Å²) in [5.41, 5.74) is 3.60. The van der Waals surface area contributed by atoms with Crippen molar-refractivity contribution >= 4 is 30.7 Å². The van der Waals surface area contributed by atoms with E-state index in [1.807, 2.05) is 91.0 Å². The molecular formula is C48H62O6P2Si. The summed E-state index contributed by atoms with van der Waals surface area (Å²) in [7, 11) is -6.86. The number of hydrogen-bond donors (Lipinski definition) is 0. The van der Waals surface area contributed by atoms with Crippen LogP contribution in [0.2, 0.25) is 13.1 Å². The molecule has 0 N–H and O–H groups in total. The van der Waals surface area contributed by atoms with Crippen LogP contribution < -0.4 is 27.8 Å². The van der Waals surface area contributed by atoms with Gasteiger partial charge in [-0.05, 0) is 65.1 Å². The van der Waals surface area contributed by atoms with Crippen LogP contribution in [0.15, 0.2) is 121 Å². The molecule has 0 spiro atoms. The van der Waals surface area contributed by atoms with Gasteiger partial charge in [0.2, 0.25) is 8.32 Å². The molecule has 5 aromatic rings. The van der Waals surface area contributed by atoms with Crippen molar-refractivity contribution in [3.63, 3.8) is 0 Å². The van der Waals surface area contributed by atoms with Crippen LogP contribution in [0, 0.1) is 0 Å². The second-order valence-corrected chi connectivity index (χ2v) is 25.1. The molecule has 0 amide bonds. The molecule has 0 bridgehead atoms. The van der Waals surface area contributed by atoms with Crippen LogP contribution in [0.25, 0.3) is 0 Å². The fourth-order valence-corrected chi connectivity index (χ4v) is 11.7. The molecule has 57 heavy (non-hydrogen) atoms. The molecule has 0 atom stereocenters. The Morgan fingerprint density at radius 3 is 0.895 bits per heavy atom. The summed E-state index contributed by atoms with van der Waals surface area (Å²) >= 11 is 0. The molecule has 0 aromatic heterocycles. The van der Waals surface area contributed by atoms with E-state index in [0.717, 1.165) is 50.4 Å². The molecule has 9 heteroatoms. The van der Waals surface area contributed by atoms with Gasteiger partial charge in [-0.1, -0.05) is 174 Å². The van der Waals surface area contributed by atoms with Gasteiger partial charge in [0, 0.05) is 27.4 Å². The Hall–Kier alpha value is -3.86. The summed E-state index contributed by atoms with van der Waals surface area (Å²) in [5.74, 6) is 3.53. The van der Waals surface area contributed by atoms with Crippen molar-refractivity contribution in [3.8, 4) is 28.7 Å². The van der Waals surface area contributed by atoms with Gasteiger partial charge in [-0.15, -0.1) is 0 Å². The average Bonchev–Trinajstić information content (AvgIpc) is 3.11. The van der Waals surface area contributed by atoms with E-state index in [1.54, 1.807) is 0 Å². The molecule has 0 radical (unpaired) electrons. The summed E-state index contributed by atoms with van der Waals surface area (Å²) in [6.07, 6.45) is 0. The van der Waals surface area contributed by atoms with Crippen molar-refractivity contribution in [1.29, 1.82) is 0 Å². The van der Waals surface area contributed by atoms with Crippen molar-refractivity contribution < 1.29 is 26.8 Å². The summed E-state index contributed by atoms with van der Waals surface area (Å²) < 4.78 is 41.3. The van der Waals surface area contributed by atoms with Crippen LogP contribution in [0.5, 0.6) is 28.7 Å². The number of hydrogen-bond acceptors (Lipinski definition) is 6. The van der Waals surface area contributed by atoms with Crippen molar-refractivity contribution in [2.45, 2.75) is 118 Å². The third-order valence-electron chi connectivity index (χ3n) is 9.48. The zero-order valence-electron chi connectivity index (χ0n) is 36.4. The van der Waals surface area contributed by atoms with Gasteiger partial charge in [0.15, 0.2) is 0 Å². The van der Waals surface area contributed by atoms with Crippen molar-refractivity contribution in [2.75, 3.05) is 0 Å². The normalized spacial score (nSPS) is 12.8. The summed E-state index contributed by atoms with van der Waals surface area (Å²) in [4.78, 5) is 0. The van der Waals surface area contributed by atoms with Gasteiger partial charge in [-0.3, -0.25) is 0 Å². The lowest BCUT2D eigenvalue weighted by atomic mass is 9.86. The standard InChI is InChI=1S/C48H62O6P2Si/c1-45(2,3)35-25-15-19-29-39(35)49-55(50-40-30-20-16-26-36(40)46(4,5)6)53-43-33-23-24-34-44(43)57(13,14)54-56(51-41-31-21-17-27-37(41)47(7,8)9)52-42-32-22-18-28-38(42)48(10,11)12/h15-34H,1-14H3. The Balaban J connectivity index is 1.56. The number of para-hydroxylation sites is 5. The zero-order chi connectivity index (χ0) is 41.8. The third-order valence-corrected chi connectivity index (χ3v) is 15.3. The summed E-state index contributed by atoms with van der Waals surface area (Å²) in [6, 6.07) is 40.5. The van der Waals surface area contributed by atoms with Gasteiger partial charge in [0.25, 0.3) is 0 Å². The van der Waals surface area contributed by atoms with Crippen LogP contribution in [0.4, 0.5) is 0 Å². The zero-order valence-corrected chi connectivity index (χ0v) is 39.2. The van der Waals surface area contributed by atoms with E-state index in [4.69, 9.17) is 26.8 Å². The first-order valence-corrected chi connectivity index (χ1v) is 24.8. The molecule has 0 saturated carbocycles. The van der Waals surface area contributed by atoms with E-state index in [1.165, 1.54) is 0 Å². The first-order valence-electron chi connectivity index (χ1n) is 19.7. The van der Waals surface area contributed by atoms with Crippen molar-refractivity contribution in [2.24, 2.45) is 0 Å². The molecule has 0 aliphatic heterocycles. The SMILES string of the molecule is CC(C)(C)c1ccccc1OP(Oc1ccccc1C(C)(C)C)Oc1ccccc1[Si](C)(C)OP(Oc1ccccc1C(C)(C)C)Oc1ccccc1C(C)(C)C. The maximum Gasteiger partial charge on any atom is 0.530 e. The van der Waals surface area contributed by atoms with Crippen LogP contribution in [0.1, 0.15) is 105 Å². The molecular weight excluding hydrogens is 763 g/mol. The molecule has 0 fully saturated rings. The first kappa shape index (κ1) is 44.2. The second-order valence-electron chi connectivity index (χ2n) is 19.0. The summed E-state index contributed by atoms with van der Waals surface area (Å²) in [5, 5.41) is 0.922. The van der Waals surface area contributed by atoms with Crippen LogP contribution in [-0.4, -0.2) is 8.32 Å².